The second-order valence-electron chi connectivity index (χ2n) is 4.19. The highest BCUT2D eigenvalue weighted by Crippen LogP contribution is 2.28. The molecule has 1 fully saturated rings. The molecule has 0 unspecified atom stereocenters. The third kappa shape index (κ3) is 2.32. The standard InChI is InChI=1S/C12H12ClNO4/c13-9-3-1-8(2-4-9)5-14-10(15)12(11(16)17)6-18-7-12/h1-4H,5-7H2,(H,14,15)(H,16,17). The van der Waals surface area contributed by atoms with Crippen LogP contribution in [0.4, 0.5) is 0 Å². The van der Waals surface area contributed by atoms with E-state index in [-0.39, 0.29) is 19.8 Å². The molecule has 0 aromatic heterocycles. The van der Waals surface area contributed by atoms with Gasteiger partial charge in [-0.2, -0.15) is 0 Å². The summed E-state index contributed by atoms with van der Waals surface area (Å²) < 4.78 is 4.83. The Hall–Kier alpha value is -1.59. The SMILES string of the molecule is O=C(O)C1(C(=O)NCc2ccc(Cl)cc2)COC1. The smallest absolute Gasteiger partial charge is 0.324 e. The molecule has 1 aliphatic rings. The summed E-state index contributed by atoms with van der Waals surface area (Å²) in [5.74, 6) is -1.67. The van der Waals surface area contributed by atoms with E-state index in [4.69, 9.17) is 21.4 Å². The molecule has 6 heteroatoms. The zero-order valence-corrected chi connectivity index (χ0v) is 10.2. The van der Waals surface area contributed by atoms with Gasteiger partial charge in [0.1, 0.15) is 0 Å². The van der Waals surface area contributed by atoms with Crippen LogP contribution in [-0.4, -0.2) is 30.2 Å². The van der Waals surface area contributed by atoms with Crippen molar-refractivity contribution in [2.24, 2.45) is 5.41 Å². The van der Waals surface area contributed by atoms with E-state index >= 15 is 0 Å². The van der Waals surface area contributed by atoms with E-state index in [9.17, 15) is 9.59 Å². The van der Waals surface area contributed by atoms with Gasteiger partial charge in [-0.3, -0.25) is 9.59 Å². The van der Waals surface area contributed by atoms with Gasteiger partial charge < -0.3 is 15.2 Å². The Balaban J connectivity index is 1.96. The fraction of sp³-hybridized carbons (Fsp3) is 0.333. The molecule has 0 bridgehead atoms. The lowest BCUT2D eigenvalue weighted by Crippen LogP contribution is -2.58. The number of ether oxygens (including phenoxy) is 1. The van der Waals surface area contributed by atoms with Gasteiger partial charge in [0.25, 0.3) is 0 Å². The van der Waals surface area contributed by atoms with Gasteiger partial charge in [0.15, 0.2) is 5.41 Å². The highest BCUT2D eigenvalue weighted by atomic mass is 35.5. The predicted molar refractivity (Wildman–Crippen MR) is 64.2 cm³/mol. The average Bonchev–Trinajstić information content (AvgIpc) is 2.26. The first-order valence-corrected chi connectivity index (χ1v) is 5.76. The van der Waals surface area contributed by atoms with E-state index in [0.29, 0.717) is 5.02 Å². The van der Waals surface area contributed by atoms with E-state index in [2.05, 4.69) is 5.32 Å². The van der Waals surface area contributed by atoms with E-state index in [1.807, 2.05) is 0 Å². The molecule has 1 amide bonds. The van der Waals surface area contributed by atoms with Crippen molar-refractivity contribution in [1.29, 1.82) is 0 Å². The normalized spacial score (nSPS) is 16.7. The Bertz CT molecular complexity index is 467. The fourth-order valence-corrected chi connectivity index (χ4v) is 1.74. The summed E-state index contributed by atoms with van der Waals surface area (Å²) in [4.78, 5) is 22.9. The lowest BCUT2D eigenvalue weighted by atomic mass is 9.85. The Kier molecular flexibility index (Phi) is 3.54. The zero-order valence-electron chi connectivity index (χ0n) is 9.48. The molecule has 0 aliphatic carbocycles. The van der Waals surface area contributed by atoms with Crippen LogP contribution in [0.2, 0.25) is 5.02 Å². The van der Waals surface area contributed by atoms with Gasteiger partial charge in [0.05, 0.1) is 13.2 Å². The maximum Gasteiger partial charge on any atom is 0.324 e. The van der Waals surface area contributed by atoms with Crippen LogP contribution in [0.3, 0.4) is 0 Å². The average molecular weight is 270 g/mol. The van der Waals surface area contributed by atoms with E-state index in [1.54, 1.807) is 24.3 Å². The summed E-state index contributed by atoms with van der Waals surface area (Å²) in [6.45, 7) is 0.120. The molecule has 5 nitrogen and oxygen atoms in total. The summed E-state index contributed by atoms with van der Waals surface area (Å²) in [7, 11) is 0. The number of carboxylic acids is 1. The number of nitrogens with one attached hydrogen (secondary N) is 1. The summed E-state index contributed by atoms with van der Waals surface area (Å²) >= 11 is 5.74. The van der Waals surface area contributed by atoms with Crippen LogP contribution in [0.25, 0.3) is 0 Å². The molecule has 0 radical (unpaired) electrons. The second kappa shape index (κ2) is 4.96. The van der Waals surface area contributed by atoms with Crippen molar-refractivity contribution in [2.75, 3.05) is 13.2 Å². The number of amides is 1. The van der Waals surface area contributed by atoms with Crippen LogP contribution in [-0.2, 0) is 20.9 Å². The van der Waals surface area contributed by atoms with Crippen molar-refractivity contribution in [2.45, 2.75) is 6.54 Å². The molecule has 1 saturated heterocycles. The first-order valence-electron chi connectivity index (χ1n) is 5.38. The summed E-state index contributed by atoms with van der Waals surface area (Å²) in [6, 6.07) is 6.96. The molecule has 96 valence electrons. The van der Waals surface area contributed by atoms with Gasteiger partial charge in [-0.25, -0.2) is 0 Å². The molecule has 0 spiro atoms. The quantitative estimate of drug-likeness (QED) is 0.802. The molecule has 1 aromatic carbocycles. The summed E-state index contributed by atoms with van der Waals surface area (Å²) in [6.07, 6.45) is 0. The van der Waals surface area contributed by atoms with Crippen molar-refractivity contribution in [3.63, 3.8) is 0 Å². The van der Waals surface area contributed by atoms with Gasteiger partial charge in [0.2, 0.25) is 5.91 Å². The monoisotopic (exact) mass is 269 g/mol. The molecule has 1 aromatic rings. The Morgan fingerprint density at radius 2 is 1.94 bits per heavy atom. The van der Waals surface area contributed by atoms with Crippen molar-refractivity contribution < 1.29 is 19.4 Å². The van der Waals surface area contributed by atoms with Crippen molar-refractivity contribution in [1.82, 2.24) is 5.32 Å². The van der Waals surface area contributed by atoms with Crippen molar-refractivity contribution in [3.8, 4) is 0 Å². The van der Waals surface area contributed by atoms with Crippen LogP contribution < -0.4 is 5.32 Å². The van der Waals surface area contributed by atoms with Crippen molar-refractivity contribution >= 4 is 23.5 Å². The number of hydrogen-bond acceptors (Lipinski definition) is 3. The minimum Gasteiger partial charge on any atom is -0.480 e. The van der Waals surface area contributed by atoms with E-state index in [0.717, 1.165) is 5.56 Å². The number of benzene rings is 1. The fourth-order valence-electron chi connectivity index (χ4n) is 1.61. The Morgan fingerprint density at radius 1 is 1.33 bits per heavy atom. The maximum atomic E-state index is 11.8. The van der Waals surface area contributed by atoms with Gasteiger partial charge >= 0.3 is 5.97 Å². The van der Waals surface area contributed by atoms with Gasteiger partial charge in [-0.1, -0.05) is 23.7 Å². The van der Waals surface area contributed by atoms with Crippen LogP contribution >= 0.6 is 11.6 Å². The lowest BCUT2D eigenvalue weighted by Gasteiger charge is -2.35. The first kappa shape index (κ1) is 12.9. The minimum absolute atomic E-state index is 0.0746. The molecule has 18 heavy (non-hydrogen) atoms. The van der Waals surface area contributed by atoms with Crippen LogP contribution in [0.1, 0.15) is 5.56 Å². The van der Waals surface area contributed by atoms with Crippen LogP contribution in [0, 0.1) is 5.41 Å². The number of carbonyl (C=O) groups excluding carboxylic acids is 1. The molecule has 2 rings (SSSR count). The first-order chi connectivity index (χ1) is 8.54. The third-order valence-corrected chi connectivity index (χ3v) is 3.16. The minimum atomic E-state index is -1.42. The number of aliphatic carboxylic acids is 1. The molecule has 1 aliphatic heterocycles. The third-order valence-electron chi connectivity index (χ3n) is 2.91. The highest BCUT2D eigenvalue weighted by Gasteiger charge is 2.53. The Morgan fingerprint density at radius 3 is 2.39 bits per heavy atom. The molecular weight excluding hydrogens is 258 g/mol. The molecule has 1 heterocycles. The highest BCUT2D eigenvalue weighted by molar-refractivity contribution is 6.30. The number of rotatable bonds is 4. The van der Waals surface area contributed by atoms with Crippen LogP contribution in [0.5, 0.6) is 0 Å². The van der Waals surface area contributed by atoms with Gasteiger partial charge in [-0.05, 0) is 17.7 Å². The number of carboxylic acid groups (broad SMARTS) is 1. The molecule has 2 N–H and O–H groups in total. The molecular formula is C12H12ClNO4. The maximum absolute atomic E-state index is 11.8. The summed E-state index contributed by atoms with van der Waals surface area (Å²) in [5, 5.41) is 12.2. The van der Waals surface area contributed by atoms with Crippen molar-refractivity contribution in [3.05, 3.63) is 34.9 Å². The number of hydrogen-bond donors (Lipinski definition) is 2. The predicted octanol–water partition coefficient (Wildman–Crippen LogP) is 1.06. The molecule has 0 atom stereocenters. The number of halogens is 1. The molecule has 0 saturated carbocycles. The van der Waals surface area contributed by atoms with Crippen LogP contribution in [0.15, 0.2) is 24.3 Å². The number of carbonyl (C=O) groups is 2. The second-order valence-corrected chi connectivity index (χ2v) is 4.63. The zero-order chi connectivity index (χ0) is 13.2. The van der Waals surface area contributed by atoms with E-state index in [1.165, 1.54) is 0 Å². The topological polar surface area (TPSA) is 75.6 Å². The van der Waals surface area contributed by atoms with Gasteiger partial charge in [0, 0.05) is 11.6 Å². The Labute approximate surface area is 109 Å². The summed E-state index contributed by atoms with van der Waals surface area (Å²) in [5.41, 5.74) is -0.569. The lowest BCUT2D eigenvalue weighted by molar-refractivity contribution is -0.185. The van der Waals surface area contributed by atoms with Gasteiger partial charge in [-0.15, -0.1) is 0 Å². The largest absolute Gasteiger partial charge is 0.480 e. The van der Waals surface area contributed by atoms with E-state index < -0.39 is 17.3 Å².